The summed E-state index contributed by atoms with van der Waals surface area (Å²) in [6.07, 6.45) is 3.15. The lowest BCUT2D eigenvalue weighted by atomic mass is 9.87. The molecule has 1 unspecified atom stereocenters. The van der Waals surface area contributed by atoms with E-state index in [0.717, 1.165) is 5.56 Å². The molecule has 2 aromatic rings. The molecule has 106 valence electrons. The van der Waals surface area contributed by atoms with Gasteiger partial charge >= 0.3 is 0 Å². The van der Waals surface area contributed by atoms with E-state index in [1.165, 1.54) is 11.8 Å². The zero-order valence-corrected chi connectivity index (χ0v) is 12.9. The van der Waals surface area contributed by atoms with E-state index in [0.29, 0.717) is 16.3 Å². The molecule has 0 radical (unpaired) electrons. The summed E-state index contributed by atoms with van der Waals surface area (Å²) in [6.45, 7) is 6.54. The molecule has 4 heteroatoms. The van der Waals surface area contributed by atoms with Crippen LogP contribution in [0.1, 0.15) is 31.9 Å². The monoisotopic (exact) mass is 288 g/mol. The fourth-order valence-electron chi connectivity index (χ4n) is 1.93. The summed E-state index contributed by atoms with van der Waals surface area (Å²) in [4.78, 5) is 4.57. The van der Waals surface area contributed by atoms with Crippen LogP contribution in [-0.4, -0.2) is 9.19 Å². The molecule has 0 spiro atoms. The van der Waals surface area contributed by atoms with Crippen LogP contribution in [0, 0.1) is 0 Å². The molecule has 0 fully saturated rings. The van der Waals surface area contributed by atoms with Crippen LogP contribution in [0.3, 0.4) is 0 Å². The van der Waals surface area contributed by atoms with Crippen molar-refractivity contribution in [3.05, 3.63) is 53.9 Å². The number of nitrogens with two attached hydrogens (primary N) is 1. The zero-order chi connectivity index (χ0) is 14.8. The van der Waals surface area contributed by atoms with Gasteiger partial charge in [0.05, 0.1) is 33.3 Å². The van der Waals surface area contributed by atoms with Crippen molar-refractivity contribution in [1.82, 2.24) is 4.98 Å². The lowest BCUT2D eigenvalue weighted by molar-refractivity contribution is 0.590. The van der Waals surface area contributed by atoms with Gasteiger partial charge in [-0.3, -0.25) is 9.19 Å². The molecule has 0 saturated carbocycles. The molecular weight excluding hydrogens is 268 g/mol. The Kier molecular flexibility index (Phi) is 4.23. The van der Waals surface area contributed by atoms with Crippen LogP contribution in [0.15, 0.2) is 47.6 Å². The number of hydrogen-bond donors (Lipinski definition) is 1. The Morgan fingerprint density at radius 3 is 2.35 bits per heavy atom. The molecule has 0 aliphatic rings. The van der Waals surface area contributed by atoms with Crippen molar-refractivity contribution in [2.24, 2.45) is 0 Å². The third-order valence-electron chi connectivity index (χ3n) is 3.17. The number of benzene rings is 1. The predicted octanol–water partition coefficient (Wildman–Crippen LogP) is 3.27. The van der Waals surface area contributed by atoms with Crippen LogP contribution < -0.4 is 5.73 Å². The number of nitrogens with zero attached hydrogens (tertiary/aromatic N) is 1. The quantitative estimate of drug-likeness (QED) is 0.943. The van der Waals surface area contributed by atoms with Crippen LogP contribution in [-0.2, 0) is 22.0 Å². The predicted molar refractivity (Wildman–Crippen MR) is 83.9 cm³/mol. The fraction of sp³-hybridized carbons (Fsp3) is 0.312. The molecule has 2 rings (SSSR count). The van der Waals surface area contributed by atoms with Gasteiger partial charge in [-0.1, -0.05) is 45.0 Å². The van der Waals surface area contributed by atoms with Crippen molar-refractivity contribution in [2.45, 2.75) is 36.8 Å². The summed E-state index contributed by atoms with van der Waals surface area (Å²) in [5.41, 5.74) is 8.74. The number of aromatic nitrogens is 1. The number of pyridine rings is 1. The SMILES string of the molecule is CC(C)(C)c1ccc(CS(=O)c2ccncc2N)cc1. The van der Waals surface area contributed by atoms with Crippen LogP contribution >= 0.6 is 0 Å². The summed E-state index contributed by atoms with van der Waals surface area (Å²) >= 11 is 0. The summed E-state index contributed by atoms with van der Waals surface area (Å²) in [7, 11) is -1.14. The first kappa shape index (κ1) is 14.7. The highest BCUT2D eigenvalue weighted by atomic mass is 32.2. The molecular formula is C16H20N2OS. The molecule has 0 aliphatic heterocycles. The molecule has 1 aromatic heterocycles. The van der Waals surface area contributed by atoms with E-state index in [4.69, 9.17) is 5.73 Å². The van der Waals surface area contributed by atoms with Gasteiger partial charge in [-0.25, -0.2) is 0 Å². The molecule has 1 atom stereocenters. The molecule has 0 amide bonds. The molecule has 0 bridgehead atoms. The first-order valence-electron chi connectivity index (χ1n) is 6.55. The van der Waals surface area contributed by atoms with Crippen LogP contribution in [0.2, 0.25) is 0 Å². The highest BCUT2D eigenvalue weighted by Crippen LogP contribution is 2.23. The molecule has 0 aliphatic carbocycles. The second kappa shape index (κ2) is 5.75. The van der Waals surface area contributed by atoms with Crippen LogP contribution in [0.25, 0.3) is 0 Å². The molecule has 20 heavy (non-hydrogen) atoms. The molecule has 0 saturated heterocycles. The Morgan fingerprint density at radius 2 is 1.80 bits per heavy atom. The Labute approximate surface area is 122 Å². The van der Waals surface area contributed by atoms with Gasteiger partial charge in [0, 0.05) is 6.20 Å². The average molecular weight is 288 g/mol. The van der Waals surface area contributed by atoms with Crippen molar-refractivity contribution >= 4 is 16.5 Å². The Balaban J connectivity index is 2.15. The number of anilines is 1. The molecule has 2 N–H and O–H groups in total. The Bertz CT molecular complexity index is 615. The van der Waals surface area contributed by atoms with Crippen molar-refractivity contribution in [1.29, 1.82) is 0 Å². The summed E-state index contributed by atoms with van der Waals surface area (Å²) in [6, 6.07) is 9.99. The second-order valence-corrected chi connectivity index (χ2v) is 7.27. The Hall–Kier alpha value is -1.68. The molecule has 1 aromatic carbocycles. The van der Waals surface area contributed by atoms with Gasteiger partial charge in [-0.2, -0.15) is 0 Å². The minimum Gasteiger partial charge on any atom is -0.396 e. The van der Waals surface area contributed by atoms with Crippen molar-refractivity contribution in [3.63, 3.8) is 0 Å². The third kappa shape index (κ3) is 3.45. The maximum Gasteiger partial charge on any atom is 0.0664 e. The number of nitrogen functional groups attached to an aromatic ring is 1. The van der Waals surface area contributed by atoms with E-state index in [1.54, 1.807) is 12.3 Å². The number of hydrogen-bond acceptors (Lipinski definition) is 3. The first-order chi connectivity index (χ1) is 9.38. The van der Waals surface area contributed by atoms with Gasteiger partial charge in [-0.15, -0.1) is 0 Å². The smallest absolute Gasteiger partial charge is 0.0664 e. The highest BCUT2D eigenvalue weighted by Gasteiger charge is 2.14. The van der Waals surface area contributed by atoms with Crippen molar-refractivity contribution in [3.8, 4) is 0 Å². The van der Waals surface area contributed by atoms with E-state index in [2.05, 4.69) is 37.9 Å². The van der Waals surface area contributed by atoms with Crippen LogP contribution in [0.4, 0.5) is 5.69 Å². The summed E-state index contributed by atoms with van der Waals surface area (Å²) < 4.78 is 12.3. The third-order valence-corrected chi connectivity index (χ3v) is 4.63. The zero-order valence-electron chi connectivity index (χ0n) is 12.1. The maximum atomic E-state index is 12.3. The van der Waals surface area contributed by atoms with E-state index < -0.39 is 10.8 Å². The van der Waals surface area contributed by atoms with Crippen molar-refractivity contribution in [2.75, 3.05) is 5.73 Å². The van der Waals surface area contributed by atoms with Gasteiger partial charge in [0.15, 0.2) is 0 Å². The largest absolute Gasteiger partial charge is 0.396 e. The number of rotatable bonds is 3. The first-order valence-corrected chi connectivity index (χ1v) is 7.87. The van der Waals surface area contributed by atoms with E-state index in [-0.39, 0.29) is 5.41 Å². The van der Waals surface area contributed by atoms with E-state index >= 15 is 0 Å². The summed E-state index contributed by atoms with van der Waals surface area (Å²) in [5.74, 6) is 0.471. The highest BCUT2D eigenvalue weighted by molar-refractivity contribution is 7.84. The second-order valence-electron chi connectivity index (χ2n) is 5.85. The standard InChI is InChI=1S/C16H20N2OS/c1-16(2,3)13-6-4-12(5-7-13)11-20(19)15-8-9-18-10-14(15)17/h4-10H,11,17H2,1-3H3. The topological polar surface area (TPSA) is 56.0 Å². The van der Waals surface area contributed by atoms with Crippen LogP contribution in [0.5, 0.6) is 0 Å². The van der Waals surface area contributed by atoms with Gasteiger partial charge in [0.2, 0.25) is 0 Å². The van der Waals surface area contributed by atoms with Gasteiger partial charge in [0.25, 0.3) is 0 Å². The maximum absolute atomic E-state index is 12.3. The fourth-order valence-corrected chi connectivity index (χ4v) is 3.11. The van der Waals surface area contributed by atoms with E-state index in [9.17, 15) is 4.21 Å². The minimum atomic E-state index is -1.14. The Morgan fingerprint density at radius 1 is 1.15 bits per heavy atom. The van der Waals surface area contributed by atoms with Gasteiger partial charge < -0.3 is 5.73 Å². The summed E-state index contributed by atoms with van der Waals surface area (Å²) in [5, 5.41) is 0. The lowest BCUT2D eigenvalue weighted by Gasteiger charge is -2.19. The molecule has 3 nitrogen and oxygen atoms in total. The van der Waals surface area contributed by atoms with Gasteiger partial charge in [0.1, 0.15) is 0 Å². The van der Waals surface area contributed by atoms with Gasteiger partial charge in [-0.05, 0) is 22.6 Å². The lowest BCUT2D eigenvalue weighted by Crippen LogP contribution is -2.10. The van der Waals surface area contributed by atoms with Crippen molar-refractivity contribution < 1.29 is 4.21 Å². The average Bonchev–Trinajstić information content (AvgIpc) is 2.38. The molecule has 1 heterocycles. The minimum absolute atomic E-state index is 0.132. The normalized spacial score (nSPS) is 13.2. The van der Waals surface area contributed by atoms with E-state index in [1.807, 2.05) is 12.1 Å².